The summed E-state index contributed by atoms with van der Waals surface area (Å²) in [5.41, 5.74) is 1.82. The molecule has 0 aliphatic rings. The quantitative estimate of drug-likeness (QED) is 0.830. The minimum absolute atomic E-state index is 0.0956. The maximum absolute atomic E-state index is 10.7. The van der Waals surface area contributed by atoms with E-state index >= 15 is 0 Å². The SMILES string of the molecule is CCC(CNc1nccc2c1ncn2C)CC(=O)O. The van der Waals surface area contributed by atoms with Crippen molar-refractivity contribution in [1.29, 1.82) is 0 Å². The predicted octanol–water partition coefficient (Wildman–Crippen LogP) is 1.88. The molecule has 0 aliphatic heterocycles. The van der Waals surface area contributed by atoms with Gasteiger partial charge in [-0.2, -0.15) is 0 Å². The van der Waals surface area contributed by atoms with Crippen molar-refractivity contribution in [3.8, 4) is 0 Å². The van der Waals surface area contributed by atoms with Crippen LogP contribution >= 0.6 is 0 Å². The van der Waals surface area contributed by atoms with E-state index in [2.05, 4.69) is 15.3 Å². The van der Waals surface area contributed by atoms with Crippen LogP contribution in [-0.2, 0) is 11.8 Å². The first-order valence-electron chi connectivity index (χ1n) is 6.33. The van der Waals surface area contributed by atoms with Crippen molar-refractivity contribution in [3.63, 3.8) is 0 Å². The Balaban J connectivity index is 2.11. The second-order valence-corrected chi connectivity index (χ2v) is 4.64. The van der Waals surface area contributed by atoms with Crippen LogP contribution in [-0.4, -0.2) is 32.2 Å². The van der Waals surface area contributed by atoms with Gasteiger partial charge in [-0.3, -0.25) is 4.79 Å². The third-order valence-electron chi connectivity index (χ3n) is 3.24. The Kier molecular flexibility index (Phi) is 3.99. The zero-order chi connectivity index (χ0) is 13.8. The van der Waals surface area contributed by atoms with E-state index in [1.165, 1.54) is 0 Å². The first kappa shape index (κ1) is 13.3. The number of aliphatic carboxylic acids is 1. The van der Waals surface area contributed by atoms with Crippen molar-refractivity contribution in [3.05, 3.63) is 18.6 Å². The Morgan fingerprint density at radius 1 is 1.53 bits per heavy atom. The number of carbonyl (C=O) groups is 1. The molecule has 0 saturated heterocycles. The molecule has 0 radical (unpaired) electrons. The van der Waals surface area contributed by atoms with Crippen molar-refractivity contribution in [1.82, 2.24) is 14.5 Å². The number of carboxylic acids is 1. The highest BCUT2D eigenvalue weighted by atomic mass is 16.4. The third kappa shape index (κ3) is 3.01. The van der Waals surface area contributed by atoms with E-state index in [1.807, 2.05) is 24.6 Å². The van der Waals surface area contributed by atoms with E-state index in [-0.39, 0.29) is 12.3 Å². The number of nitrogens with zero attached hydrogens (tertiary/aromatic N) is 3. The van der Waals surface area contributed by atoms with Crippen LogP contribution in [0.3, 0.4) is 0 Å². The molecule has 2 heterocycles. The number of imidazole rings is 1. The van der Waals surface area contributed by atoms with E-state index in [4.69, 9.17) is 5.11 Å². The molecule has 6 heteroatoms. The van der Waals surface area contributed by atoms with Crippen molar-refractivity contribution < 1.29 is 9.90 Å². The molecule has 0 spiro atoms. The number of aromatic nitrogens is 3. The first-order chi connectivity index (χ1) is 9.11. The Bertz CT molecular complexity index is 579. The maximum atomic E-state index is 10.7. The zero-order valence-electron chi connectivity index (χ0n) is 11.1. The lowest BCUT2D eigenvalue weighted by molar-refractivity contribution is -0.138. The van der Waals surface area contributed by atoms with Crippen LogP contribution in [0.25, 0.3) is 11.0 Å². The number of nitrogens with one attached hydrogen (secondary N) is 1. The zero-order valence-corrected chi connectivity index (χ0v) is 11.1. The Hall–Kier alpha value is -2.11. The number of hydrogen-bond acceptors (Lipinski definition) is 4. The number of hydrogen-bond donors (Lipinski definition) is 2. The highest BCUT2D eigenvalue weighted by molar-refractivity contribution is 5.85. The minimum atomic E-state index is -0.766. The number of aryl methyl sites for hydroxylation is 1. The summed E-state index contributed by atoms with van der Waals surface area (Å²) in [6.07, 6.45) is 4.45. The molecule has 2 rings (SSSR count). The Labute approximate surface area is 111 Å². The van der Waals surface area contributed by atoms with Gasteiger partial charge in [0.2, 0.25) is 0 Å². The molecule has 1 atom stereocenters. The summed E-state index contributed by atoms with van der Waals surface area (Å²) in [5, 5.41) is 12.0. The van der Waals surface area contributed by atoms with Crippen LogP contribution in [0.1, 0.15) is 19.8 Å². The molecule has 1 unspecified atom stereocenters. The molecular formula is C13H18N4O2. The molecule has 2 aromatic heterocycles. The molecule has 0 aromatic carbocycles. The molecule has 2 N–H and O–H groups in total. The molecule has 0 amide bonds. The van der Waals surface area contributed by atoms with Crippen molar-refractivity contribution in [2.45, 2.75) is 19.8 Å². The van der Waals surface area contributed by atoms with Gasteiger partial charge >= 0.3 is 5.97 Å². The molecule has 0 bridgehead atoms. The normalized spacial score (nSPS) is 12.5. The minimum Gasteiger partial charge on any atom is -0.481 e. The maximum Gasteiger partial charge on any atom is 0.303 e. The average Bonchev–Trinajstić information content (AvgIpc) is 2.77. The van der Waals surface area contributed by atoms with Gasteiger partial charge in [0, 0.05) is 26.2 Å². The summed E-state index contributed by atoms with van der Waals surface area (Å²) in [6.45, 7) is 2.58. The number of pyridine rings is 1. The topological polar surface area (TPSA) is 80.0 Å². The van der Waals surface area contributed by atoms with Crippen molar-refractivity contribution in [2.75, 3.05) is 11.9 Å². The molecule has 102 valence electrons. The highest BCUT2D eigenvalue weighted by Crippen LogP contribution is 2.19. The summed E-state index contributed by atoms with van der Waals surface area (Å²) in [5.74, 6) is 0.0397. The molecule has 0 aliphatic carbocycles. The first-order valence-corrected chi connectivity index (χ1v) is 6.33. The fraction of sp³-hybridized carbons (Fsp3) is 0.462. The monoisotopic (exact) mass is 262 g/mol. The van der Waals surface area contributed by atoms with Crippen LogP contribution in [0.15, 0.2) is 18.6 Å². The summed E-state index contributed by atoms with van der Waals surface area (Å²) in [6, 6.07) is 1.90. The fourth-order valence-electron chi connectivity index (χ4n) is 2.04. The number of carboxylic acid groups (broad SMARTS) is 1. The van der Waals surface area contributed by atoms with Gasteiger partial charge < -0.3 is 15.0 Å². The van der Waals surface area contributed by atoms with Gasteiger partial charge in [-0.1, -0.05) is 13.3 Å². The lowest BCUT2D eigenvalue weighted by atomic mass is 10.0. The summed E-state index contributed by atoms with van der Waals surface area (Å²) in [7, 11) is 1.93. The fourth-order valence-corrected chi connectivity index (χ4v) is 2.04. The molecular weight excluding hydrogens is 244 g/mol. The lowest BCUT2D eigenvalue weighted by Gasteiger charge is -2.14. The molecule has 19 heavy (non-hydrogen) atoms. The van der Waals surface area contributed by atoms with Gasteiger partial charge in [-0.15, -0.1) is 0 Å². The van der Waals surface area contributed by atoms with Crippen molar-refractivity contribution in [2.24, 2.45) is 13.0 Å². The van der Waals surface area contributed by atoms with Crippen LogP contribution < -0.4 is 5.32 Å². The summed E-state index contributed by atoms with van der Waals surface area (Å²) < 4.78 is 1.93. The number of rotatable bonds is 6. The average molecular weight is 262 g/mol. The van der Waals surface area contributed by atoms with E-state index in [0.29, 0.717) is 12.4 Å². The van der Waals surface area contributed by atoms with Gasteiger partial charge in [-0.25, -0.2) is 9.97 Å². The van der Waals surface area contributed by atoms with Crippen molar-refractivity contribution >= 4 is 22.8 Å². The van der Waals surface area contributed by atoms with Gasteiger partial charge in [-0.05, 0) is 12.0 Å². The van der Waals surface area contributed by atoms with E-state index in [0.717, 1.165) is 17.5 Å². The smallest absolute Gasteiger partial charge is 0.303 e. The van der Waals surface area contributed by atoms with Gasteiger partial charge in [0.05, 0.1) is 11.8 Å². The second-order valence-electron chi connectivity index (χ2n) is 4.64. The standard InChI is InChI=1S/C13H18N4O2/c1-3-9(6-11(18)19)7-15-13-12-10(4-5-14-13)17(2)8-16-12/h4-5,8-9H,3,6-7H2,1-2H3,(H,14,15)(H,18,19). The van der Waals surface area contributed by atoms with E-state index < -0.39 is 5.97 Å². The van der Waals surface area contributed by atoms with Gasteiger partial charge in [0.25, 0.3) is 0 Å². The third-order valence-corrected chi connectivity index (χ3v) is 3.24. The Morgan fingerprint density at radius 3 is 3.00 bits per heavy atom. The lowest BCUT2D eigenvalue weighted by Crippen LogP contribution is -2.17. The molecule has 6 nitrogen and oxygen atoms in total. The van der Waals surface area contributed by atoms with Crippen LogP contribution in [0.2, 0.25) is 0 Å². The van der Waals surface area contributed by atoms with E-state index in [9.17, 15) is 4.79 Å². The van der Waals surface area contributed by atoms with E-state index in [1.54, 1.807) is 12.5 Å². The molecule has 0 fully saturated rings. The van der Waals surface area contributed by atoms with Gasteiger partial charge in [0.15, 0.2) is 5.82 Å². The molecule has 2 aromatic rings. The van der Waals surface area contributed by atoms with Crippen LogP contribution in [0, 0.1) is 5.92 Å². The summed E-state index contributed by atoms with van der Waals surface area (Å²) in [4.78, 5) is 19.3. The second kappa shape index (κ2) is 5.69. The number of fused-ring (bicyclic) bond motifs is 1. The van der Waals surface area contributed by atoms with Crippen LogP contribution in [0.4, 0.5) is 5.82 Å². The summed E-state index contributed by atoms with van der Waals surface area (Å²) >= 11 is 0. The largest absolute Gasteiger partial charge is 0.481 e. The number of anilines is 1. The predicted molar refractivity (Wildman–Crippen MR) is 73.0 cm³/mol. The van der Waals surface area contributed by atoms with Crippen LogP contribution in [0.5, 0.6) is 0 Å². The molecule has 0 saturated carbocycles. The highest BCUT2D eigenvalue weighted by Gasteiger charge is 2.13. The van der Waals surface area contributed by atoms with Gasteiger partial charge in [0.1, 0.15) is 5.52 Å². The Morgan fingerprint density at radius 2 is 2.32 bits per heavy atom.